The molecule has 0 spiro atoms. The summed E-state index contributed by atoms with van der Waals surface area (Å²) in [5.41, 5.74) is 2.44. The Morgan fingerprint density at radius 3 is 2.28 bits per heavy atom. The lowest BCUT2D eigenvalue weighted by Crippen LogP contribution is -2.34. The Morgan fingerprint density at radius 2 is 1.60 bits per heavy atom. The normalized spacial score (nSPS) is 11.7. The SMILES string of the molecule is O=C(C(O)c1ccccc1)N(Cc1ccncc1)Cc1cccnc1. The van der Waals surface area contributed by atoms with E-state index >= 15 is 0 Å². The molecule has 0 bridgehead atoms. The van der Waals surface area contributed by atoms with Crippen molar-refractivity contribution in [3.8, 4) is 0 Å². The second kappa shape index (κ2) is 8.17. The number of aromatic nitrogens is 2. The Hall–Kier alpha value is -3.05. The second-order valence-electron chi connectivity index (χ2n) is 5.72. The average Bonchev–Trinajstić information content (AvgIpc) is 2.68. The highest BCUT2D eigenvalue weighted by Gasteiger charge is 2.24. The molecule has 0 radical (unpaired) electrons. The van der Waals surface area contributed by atoms with Crippen molar-refractivity contribution >= 4 is 5.91 Å². The van der Waals surface area contributed by atoms with Crippen LogP contribution in [0.25, 0.3) is 0 Å². The number of hydrogen-bond acceptors (Lipinski definition) is 4. The summed E-state index contributed by atoms with van der Waals surface area (Å²) in [5.74, 6) is -0.341. The van der Waals surface area contributed by atoms with Gasteiger partial charge in [0.25, 0.3) is 5.91 Å². The minimum Gasteiger partial charge on any atom is -0.378 e. The molecule has 0 aliphatic heterocycles. The zero-order chi connectivity index (χ0) is 17.5. The van der Waals surface area contributed by atoms with Crippen LogP contribution in [0.15, 0.2) is 79.4 Å². The predicted molar refractivity (Wildman–Crippen MR) is 94.1 cm³/mol. The topological polar surface area (TPSA) is 66.3 Å². The van der Waals surface area contributed by atoms with Gasteiger partial charge in [-0.05, 0) is 34.9 Å². The van der Waals surface area contributed by atoms with Crippen molar-refractivity contribution in [3.63, 3.8) is 0 Å². The van der Waals surface area contributed by atoms with Crippen molar-refractivity contribution < 1.29 is 9.90 Å². The Kier molecular flexibility index (Phi) is 5.49. The molecule has 1 N–H and O–H groups in total. The highest BCUT2D eigenvalue weighted by atomic mass is 16.3. The minimum atomic E-state index is -1.19. The number of rotatable bonds is 6. The third-order valence-corrected chi connectivity index (χ3v) is 3.88. The minimum absolute atomic E-state index is 0.341. The summed E-state index contributed by atoms with van der Waals surface area (Å²) in [6.45, 7) is 0.763. The second-order valence-corrected chi connectivity index (χ2v) is 5.72. The first-order valence-corrected chi connectivity index (χ1v) is 8.03. The van der Waals surface area contributed by atoms with Gasteiger partial charge in [0.1, 0.15) is 0 Å². The zero-order valence-corrected chi connectivity index (χ0v) is 13.7. The van der Waals surface area contributed by atoms with Crippen LogP contribution in [0.5, 0.6) is 0 Å². The number of amides is 1. The molecule has 1 atom stereocenters. The molecule has 1 amide bonds. The van der Waals surface area contributed by atoms with Gasteiger partial charge in [0.15, 0.2) is 6.10 Å². The molecule has 3 rings (SSSR count). The molecule has 0 saturated carbocycles. The first-order valence-electron chi connectivity index (χ1n) is 8.03. The van der Waals surface area contributed by atoms with Crippen LogP contribution in [0.1, 0.15) is 22.8 Å². The van der Waals surface area contributed by atoms with Gasteiger partial charge >= 0.3 is 0 Å². The van der Waals surface area contributed by atoms with Crippen LogP contribution in [0, 0.1) is 0 Å². The summed E-state index contributed by atoms with van der Waals surface area (Å²) in [6.07, 6.45) is 5.60. The van der Waals surface area contributed by atoms with Crippen LogP contribution in [0.2, 0.25) is 0 Å². The molecule has 1 aromatic carbocycles. The van der Waals surface area contributed by atoms with Crippen LogP contribution in [0.3, 0.4) is 0 Å². The fourth-order valence-electron chi connectivity index (χ4n) is 2.58. The number of benzene rings is 1. The first kappa shape index (κ1) is 16.8. The molecule has 5 heteroatoms. The van der Waals surface area contributed by atoms with Gasteiger partial charge < -0.3 is 10.0 Å². The third-order valence-electron chi connectivity index (χ3n) is 3.88. The van der Waals surface area contributed by atoms with E-state index in [1.807, 2.05) is 30.3 Å². The fourth-order valence-corrected chi connectivity index (χ4v) is 2.58. The monoisotopic (exact) mass is 333 g/mol. The van der Waals surface area contributed by atoms with E-state index in [2.05, 4.69) is 9.97 Å². The number of carbonyl (C=O) groups is 1. The van der Waals surface area contributed by atoms with Crippen LogP contribution < -0.4 is 0 Å². The summed E-state index contributed by atoms with van der Waals surface area (Å²) >= 11 is 0. The van der Waals surface area contributed by atoms with E-state index < -0.39 is 6.10 Å². The Bertz CT molecular complexity index is 753. The van der Waals surface area contributed by atoms with Gasteiger partial charge in [0.05, 0.1) is 0 Å². The number of aliphatic hydroxyl groups excluding tert-OH is 1. The Labute approximate surface area is 146 Å². The zero-order valence-electron chi connectivity index (χ0n) is 13.7. The maximum absolute atomic E-state index is 12.9. The van der Waals surface area contributed by atoms with E-state index in [1.165, 1.54) is 0 Å². The smallest absolute Gasteiger partial charge is 0.256 e. The summed E-state index contributed by atoms with van der Waals surface area (Å²) in [4.78, 5) is 22.6. The largest absolute Gasteiger partial charge is 0.378 e. The van der Waals surface area contributed by atoms with Gasteiger partial charge in [-0.3, -0.25) is 14.8 Å². The van der Waals surface area contributed by atoms with Crippen molar-refractivity contribution in [3.05, 3.63) is 96.1 Å². The molecule has 0 fully saturated rings. The van der Waals surface area contributed by atoms with Gasteiger partial charge in [0, 0.05) is 37.9 Å². The lowest BCUT2D eigenvalue weighted by Gasteiger charge is -2.25. The van der Waals surface area contributed by atoms with E-state index in [0.717, 1.165) is 11.1 Å². The number of hydrogen-bond donors (Lipinski definition) is 1. The Balaban J connectivity index is 1.83. The lowest BCUT2D eigenvalue weighted by molar-refractivity contribution is -0.141. The summed E-state index contributed by atoms with van der Waals surface area (Å²) in [6, 6.07) is 16.4. The van der Waals surface area contributed by atoms with E-state index in [4.69, 9.17) is 0 Å². The van der Waals surface area contributed by atoms with Crippen LogP contribution in [-0.4, -0.2) is 25.9 Å². The Morgan fingerprint density at radius 1 is 0.880 bits per heavy atom. The van der Waals surface area contributed by atoms with E-state index in [1.54, 1.807) is 54.0 Å². The molecule has 5 nitrogen and oxygen atoms in total. The third kappa shape index (κ3) is 4.49. The van der Waals surface area contributed by atoms with E-state index in [0.29, 0.717) is 18.7 Å². The average molecular weight is 333 g/mol. The standard InChI is InChI=1S/C20H19N3O2/c24-19(18-6-2-1-3-7-18)20(25)23(14-16-8-11-21-12-9-16)15-17-5-4-10-22-13-17/h1-13,19,24H,14-15H2. The maximum Gasteiger partial charge on any atom is 0.256 e. The van der Waals surface area contributed by atoms with Gasteiger partial charge in [-0.1, -0.05) is 36.4 Å². The molecule has 0 aliphatic rings. The number of aliphatic hydroxyl groups is 1. The van der Waals surface area contributed by atoms with Crippen molar-refractivity contribution in [1.82, 2.24) is 14.9 Å². The van der Waals surface area contributed by atoms with E-state index in [9.17, 15) is 9.90 Å². The van der Waals surface area contributed by atoms with Gasteiger partial charge in [-0.15, -0.1) is 0 Å². The molecule has 2 aromatic heterocycles. The fraction of sp³-hybridized carbons (Fsp3) is 0.150. The number of pyridine rings is 2. The van der Waals surface area contributed by atoms with Crippen LogP contribution in [0.4, 0.5) is 0 Å². The van der Waals surface area contributed by atoms with Crippen molar-refractivity contribution in [1.29, 1.82) is 0 Å². The molecule has 3 aromatic rings. The molecular formula is C20H19N3O2. The molecular weight excluding hydrogens is 314 g/mol. The molecule has 0 saturated heterocycles. The maximum atomic E-state index is 12.9. The van der Waals surface area contributed by atoms with Crippen molar-refractivity contribution in [2.75, 3.05) is 0 Å². The predicted octanol–water partition coefficient (Wildman–Crippen LogP) is 2.74. The summed E-state index contributed by atoms with van der Waals surface area (Å²) in [5, 5.41) is 10.5. The molecule has 0 aliphatic carbocycles. The van der Waals surface area contributed by atoms with Crippen LogP contribution in [-0.2, 0) is 17.9 Å². The van der Waals surface area contributed by atoms with E-state index in [-0.39, 0.29) is 5.91 Å². The highest BCUT2D eigenvalue weighted by Crippen LogP contribution is 2.19. The molecule has 25 heavy (non-hydrogen) atoms. The highest BCUT2D eigenvalue weighted by molar-refractivity contribution is 5.82. The van der Waals surface area contributed by atoms with Gasteiger partial charge in [0.2, 0.25) is 0 Å². The lowest BCUT2D eigenvalue weighted by atomic mass is 10.1. The molecule has 1 unspecified atom stereocenters. The molecule has 2 heterocycles. The molecule has 126 valence electrons. The quantitative estimate of drug-likeness (QED) is 0.753. The summed E-state index contributed by atoms with van der Waals surface area (Å²) in [7, 11) is 0. The number of carbonyl (C=O) groups excluding carboxylic acids is 1. The first-order chi connectivity index (χ1) is 12.2. The van der Waals surface area contributed by atoms with Gasteiger partial charge in [-0.2, -0.15) is 0 Å². The van der Waals surface area contributed by atoms with Crippen molar-refractivity contribution in [2.24, 2.45) is 0 Å². The van der Waals surface area contributed by atoms with Gasteiger partial charge in [-0.25, -0.2) is 0 Å². The van der Waals surface area contributed by atoms with Crippen LogP contribution >= 0.6 is 0 Å². The number of nitrogens with zero attached hydrogens (tertiary/aromatic N) is 3. The van der Waals surface area contributed by atoms with Crippen molar-refractivity contribution in [2.45, 2.75) is 19.2 Å². The summed E-state index contributed by atoms with van der Waals surface area (Å²) < 4.78 is 0.